The molecule has 0 spiro atoms. The molecule has 1 aromatic rings. The van der Waals surface area contributed by atoms with E-state index in [2.05, 4.69) is 4.99 Å². The van der Waals surface area contributed by atoms with Crippen molar-refractivity contribution in [1.82, 2.24) is 0 Å². The molecule has 0 fully saturated rings. The second-order valence-electron chi connectivity index (χ2n) is 2.65. The Morgan fingerprint density at radius 3 is 2.92 bits per heavy atom. The standard InChI is InChI=1S/C9H7NO2/c11-9(12)8-7-4-2-1-3-6(7)5-10-8/h1-5,8H,(H,11,12). The zero-order valence-electron chi connectivity index (χ0n) is 6.27. The summed E-state index contributed by atoms with van der Waals surface area (Å²) in [5, 5.41) is 8.75. The Labute approximate surface area is 69.4 Å². The zero-order valence-corrected chi connectivity index (χ0v) is 6.27. The Kier molecular flexibility index (Phi) is 1.43. The first-order chi connectivity index (χ1) is 5.79. The van der Waals surface area contributed by atoms with Gasteiger partial charge in [-0.1, -0.05) is 24.3 Å². The third-order valence-corrected chi connectivity index (χ3v) is 1.89. The minimum absolute atomic E-state index is 0.693. The van der Waals surface area contributed by atoms with Gasteiger partial charge >= 0.3 is 5.97 Å². The first-order valence-electron chi connectivity index (χ1n) is 3.64. The molecule has 1 heterocycles. The lowest BCUT2D eigenvalue weighted by atomic mass is 10.1. The predicted molar refractivity (Wildman–Crippen MR) is 44.4 cm³/mol. The van der Waals surface area contributed by atoms with Gasteiger partial charge in [-0.2, -0.15) is 0 Å². The van der Waals surface area contributed by atoms with Crippen LogP contribution in [0.2, 0.25) is 0 Å². The SMILES string of the molecule is O=C(O)C1N=Cc2ccccc21. The topological polar surface area (TPSA) is 49.7 Å². The molecule has 3 nitrogen and oxygen atoms in total. The molecule has 0 amide bonds. The van der Waals surface area contributed by atoms with Crippen LogP contribution in [0.4, 0.5) is 0 Å². The summed E-state index contributed by atoms with van der Waals surface area (Å²) in [6, 6.07) is 6.66. The number of hydrogen-bond donors (Lipinski definition) is 1. The lowest BCUT2D eigenvalue weighted by Gasteiger charge is -2.02. The molecular formula is C9H7NO2. The number of hydrogen-bond acceptors (Lipinski definition) is 2. The third kappa shape index (κ3) is 0.906. The predicted octanol–water partition coefficient (Wildman–Crippen LogP) is 1.24. The Morgan fingerprint density at radius 2 is 2.17 bits per heavy atom. The van der Waals surface area contributed by atoms with E-state index in [0.717, 1.165) is 11.1 Å². The van der Waals surface area contributed by atoms with Crippen LogP contribution in [0.5, 0.6) is 0 Å². The number of fused-ring (bicyclic) bond motifs is 1. The van der Waals surface area contributed by atoms with Crippen LogP contribution in [0.3, 0.4) is 0 Å². The van der Waals surface area contributed by atoms with Gasteiger partial charge < -0.3 is 5.11 Å². The van der Waals surface area contributed by atoms with Crippen LogP contribution in [0.25, 0.3) is 0 Å². The van der Waals surface area contributed by atoms with Crippen LogP contribution in [0.1, 0.15) is 17.2 Å². The maximum absolute atomic E-state index is 10.7. The first kappa shape index (κ1) is 7.03. The summed E-state index contributed by atoms with van der Waals surface area (Å²) in [6.45, 7) is 0. The molecule has 1 N–H and O–H groups in total. The molecule has 0 saturated heterocycles. The van der Waals surface area contributed by atoms with E-state index in [9.17, 15) is 4.79 Å². The quantitative estimate of drug-likeness (QED) is 0.673. The van der Waals surface area contributed by atoms with Gasteiger partial charge in [0.05, 0.1) is 0 Å². The normalized spacial score (nSPS) is 19.2. The highest BCUT2D eigenvalue weighted by molar-refractivity contribution is 5.92. The first-order valence-corrected chi connectivity index (χ1v) is 3.64. The minimum Gasteiger partial charge on any atom is -0.479 e. The molecule has 2 rings (SSSR count). The van der Waals surface area contributed by atoms with Gasteiger partial charge in [0.1, 0.15) is 0 Å². The van der Waals surface area contributed by atoms with Crippen molar-refractivity contribution in [3.63, 3.8) is 0 Å². The largest absolute Gasteiger partial charge is 0.479 e. The summed E-state index contributed by atoms with van der Waals surface area (Å²) < 4.78 is 0. The highest BCUT2D eigenvalue weighted by Crippen LogP contribution is 2.25. The van der Waals surface area contributed by atoms with Crippen molar-refractivity contribution in [2.75, 3.05) is 0 Å². The average molecular weight is 161 g/mol. The second-order valence-corrected chi connectivity index (χ2v) is 2.65. The van der Waals surface area contributed by atoms with Gasteiger partial charge in [-0.3, -0.25) is 4.99 Å². The van der Waals surface area contributed by atoms with Gasteiger partial charge in [0.15, 0.2) is 6.04 Å². The zero-order chi connectivity index (χ0) is 8.55. The molecule has 1 aliphatic heterocycles. The fourth-order valence-electron chi connectivity index (χ4n) is 1.31. The van der Waals surface area contributed by atoms with Gasteiger partial charge in [-0.05, 0) is 11.1 Å². The number of nitrogens with zero attached hydrogens (tertiary/aromatic N) is 1. The van der Waals surface area contributed by atoms with Crippen LogP contribution < -0.4 is 0 Å². The summed E-state index contributed by atoms with van der Waals surface area (Å²) in [6.07, 6.45) is 1.61. The molecule has 0 bridgehead atoms. The van der Waals surface area contributed by atoms with Crippen LogP contribution in [0.15, 0.2) is 29.3 Å². The molecule has 3 heteroatoms. The third-order valence-electron chi connectivity index (χ3n) is 1.89. The Morgan fingerprint density at radius 1 is 1.42 bits per heavy atom. The van der Waals surface area contributed by atoms with Crippen molar-refractivity contribution < 1.29 is 9.90 Å². The number of carboxylic acids is 1. The fourth-order valence-corrected chi connectivity index (χ4v) is 1.31. The van der Waals surface area contributed by atoms with Gasteiger partial charge in [-0.25, -0.2) is 4.79 Å². The van der Waals surface area contributed by atoms with E-state index in [1.54, 1.807) is 12.3 Å². The molecular weight excluding hydrogens is 154 g/mol. The summed E-state index contributed by atoms with van der Waals surface area (Å²) in [7, 11) is 0. The van der Waals surface area contributed by atoms with Crippen LogP contribution in [-0.4, -0.2) is 17.3 Å². The number of carbonyl (C=O) groups is 1. The van der Waals surface area contributed by atoms with Gasteiger partial charge in [0, 0.05) is 6.21 Å². The van der Waals surface area contributed by atoms with Crippen molar-refractivity contribution in [1.29, 1.82) is 0 Å². The van der Waals surface area contributed by atoms with E-state index >= 15 is 0 Å². The Hall–Kier alpha value is -1.64. The molecule has 0 radical (unpaired) electrons. The monoisotopic (exact) mass is 161 g/mol. The van der Waals surface area contributed by atoms with E-state index in [4.69, 9.17) is 5.11 Å². The average Bonchev–Trinajstić information content (AvgIpc) is 2.47. The Bertz CT molecular complexity index is 357. The molecule has 60 valence electrons. The summed E-state index contributed by atoms with van der Waals surface area (Å²) in [4.78, 5) is 14.5. The van der Waals surface area contributed by atoms with E-state index in [0.29, 0.717) is 0 Å². The Balaban J connectivity index is 2.49. The van der Waals surface area contributed by atoms with E-state index in [-0.39, 0.29) is 0 Å². The molecule has 1 atom stereocenters. The maximum atomic E-state index is 10.7. The smallest absolute Gasteiger partial charge is 0.333 e. The van der Waals surface area contributed by atoms with Gasteiger partial charge in [0.2, 0.25) is 0 Å². The van der Waals surface area contributed by atoms with E-state index in [1.807, 2.05) is 18.2 Å². The summed E-state index contributed by atoms with van der Waals surface area (Å²) in [5.74, 6) is -0.892. The van der Waals surface area contributed by atoms with E-state index in [1.165, 1.54) is 0 Å². The molecule has 0 aliphatic carbocycles. The molecule has 12 heavy (non-hydrogen) atoms. The van der Waals surface area contributed by atoms with Crippen LogP contribution in [-0.2, 0) is 4.79 Å². The van der Waals surface area contributed by atoms with Crippen LogP contribution in [0, 0.1) is 0 Å². The fraction of sp³-hybridized carbons (Fsp3) is 0.111. The second kappa shape index (κ2) is 2.44. The minimum atomic E-state index is -0.892. The molecule has 1 aliphatic rings. The lowest BCUT2D eigenvalue weighted by molar-refractivity contribution is -0.138. The highest BCUT2D eigenvalue weighted by Gasteiger charge is 2.24. The molecule has 0 saturated carbocycles. The van der Waals surface area contributed by atoms with Gasteiger partial charge in [-0.15, -0.1) is 0 Å². The summed E-state index contributed by atoms with van der Waals surface area (Å²) in [5.41, 5.74) is 1.69. The lowest BCUT2D eigenvalue weighted by Crippen LogP contribution is -2.06. The number of rotatable bonds is 1. The molecule has 1 unspecified atom stereocenters. The van der Waals surface area contributed by atoms with Crippen molar-refractivity contribution in [2.24, 2.45) is 4.99 Å². The number of aliphatic carboxylic acids is 1. The van der Waals surface area contributed by atoms with Gasteiger partial charge in [0.25, 0.3) is 0 Å². The van der Waals surface area contributed by atoms with Crippen LogP contribution >= 0.6 is 0 Å². The number of benzene rings is 1. The molecule has 1 aromatic carbocycles. The van der Waals surface area contributed by atoms with Crippen molar-refractivity contribution in [3.8, 4) is 0 Å². The van der Waals surface area contributed by atoms with Crippen molar-refractivity contribution in [3.05, 3.63) is 35.4 Å². The number of carboxylic acid groups (broad SMARTS) is 1. The van der Waals surface area contributed by atoms with Crippen molar-refractivity contribution in [2.45, 2.75) is 6.04 Å². The van der Waals surface area contributed by atoms with Crippen molar-refractivity contribution >= 4 is 12.2 Å². The molecule has 0 aromatic heterocycles. The maximum Gasteiger partial charge on any atom is 0.333 e. The summed E-state index contributed by atoms with van der Waals surface area (Å²) >= 11 is 0. The highest BCUT2D eigenvalue weighted by atomic mass is 16.4. The number of aliphatic imine (C=N–C) groups is 1. The van der Waals surface area contributed by atoms with E-state index < -0.39 is 12.0 Å².